The van der Waals surface area contributed by atoms with E-state index in [1.54, 1.807) is 6.07 Å². The molecule has 0 aromatic heterocycles. The molecule has 0 bridgehead atoms. The standard InChI is InChI=1S/C10H11ClNO/c1-2-7-13-12-8-9-5-3-4-6-10(9)11/h3-6H,2,7H2,1H3. The zero-order valence-electron chi connectivity index (χ0n) is 7.46. The van der Waals surface area contributed by atoms with E-state index in [1.807, 2.05) is 25.1 Å². The Kier molecular flexibility index (Phi) is 4.33. The van der Waals surface area contributed by atoms with Crippen LogP contribution in [0.25, 0.3) is 0 Å². The van der Waals surface area contributed by atoms with Crippen molar-refractivity contribution in [3.8, 4) is 0 Å². The van der Waals surface area contributed by atoms with Crippen molar-refractivity contribution in [1.29, 1.82) is 0 Å². The molecule has 1 aromatic rings. The Labute approximate surface area is 83.2 Å². The van der Waals surface area contributed by atoms with Gasteiger partial charge >= 0.3 is 0 Å². The lowest BCUT2D eigenvalue weighted by Gasteiger charge is -1.95. The molecule has 0 N–H and O–H groups in total. The van der Waals surface area contributed by atoms with Gasteiger partial charge in [0.1, 0.15) is 12.8 Å². The molecule has 0 atom stereocenters. The van der Waals surface area contributed by atoms with Gasteiger partial charge in [-0.1, -0.05) is 41.9 Å². The van der Waals surface area contributed by atoms with Crippen LogP contribution in [0.3, 0.4) is 0 Å². The molecule has 69 valence electrons. The zero-order chi connectivity index (χ0) is 9.52. The van der Waals surface area contributed by atoms with Crippen LogP contribution in [0.4, 0.5) is 0 Å². The summed E-state index contributed by atoms with van der Waals surface area (Å²) in [6.07, 6.45) is 3.66. The average Bonchev–Trinajstić information content (AvgIpc) is 2.15. The molecule has 0 heterocycles. The van der Waals surface area contributed by atoms with E-state index >= 15 is 0 Å². The van der Waals surface area contributed by atoms with Gasteiger partial charge < -0.3 is 4.84 Å². The Morgan fingerprint density at radius 2 is 2.23 bits per heavy atom. The van der Waals surface area contributed by atoms with Crippen molar-refractivity contribution in [2.75, 3.05) is 6.61 Å². The number of benzene rings is 1. The van der Waals surface area contributed by atoms with Crippen LogP contribution in [-0.4, -0.2) is 12.8 Å². The van der Waals surface area contributed by atoms with Crippen LogP contribution in [0.5, 0.6) is 0 Å². The minimum Gasteiger partial charge on any atom is -0.395 e. The Balaban J connectivity index is 2.53. The number of hydrogen-bond donors (Lipinski definition) is 0. The van der Waals surface area contributed by atoms with E-state index in [0.29, 0.717) is 11.6 Å². The third-order valence-corrected chi connectivity index (χ3v) is 1.73. The van der Waals surface area contributed by atoms with Crippen molar-refractivity contribution in [2.45, 2.75) is 13.3 Å². The largest absolute Gasteiger partial charge is 0.395 e. The quantitative estimate of drug-likeness (QED) is 0.412. The highest BCUT2D eigenvalue weighted by molar-refractivity contribution is 6.33. The van der Waals surface area contributed by atoms with Crippen LogP contribution < -0.4 is 0 Å². The summed E-state index contributed by atoms with van der Waals surface area (Å²) in [7, 11) is 0. The van der Waals surface area contributed by atoms with Crippen LogP contribution >= 0.6 is 11.6 Å². The molecule has 1 rings (SSSR count). The summed E-state index contributed by atoms with van der Waals surface area (Å²) in [5.41, 5.74) is 0.750. The second-order valence-corrected chi connectivity index (χ2v) is 2.92. The fourth-order valence-electron chi connectivity index (χ4n) is 0.770. The number of halogens is 1. The molecule has 0 saturated heterocycles. The van der Waals surface area contributed by atoms with Gasteiger partial charge in [0.15, 0.2) is 0 Å². The molecule has 0 saturated carbocycles. The van der Waals surface area contributed by atoms with E-state index in [2.05, 4.69) is 11.4 Å². The van der Waals surface area contributed by atoms with Gasteiger partial charge in [0.25, 0.3) is 0 Å². The highest BCUT2D eigenvalue weighted by atomic mass is 35.5. The molecule has 1 radical (unpaired) electrons. The van der Waals surface area contributed by atoms with Crippen LogP contribution in [0.2, 0.25) is 5.02 Å². The van der Waals surface area contributed by atoms with Crippen LogP contribution in [-0.2, 0) is 4.84 Å². The summed E-state index contributed by atoms with van der Waals surface area (Å²) in [5.74, 6) is 0. The number of hydrogen-bond acceptors (Lipinski definition) is 2. The van der Waals surface area contributed by atoms with E-state index in [4.69, 9.17) is 16.4 Å². The first kappa shape index (κ1) is 10.1. The summed E-state index contributed by atoms with van der Waals surface area (Å²) in [6, 6.07) is 7.37. The zero-order valence-corrected chi connectivity index (χ0v) is 8.21. The van der Waals surface area contributed by atoms with Crippen LogP contribution in [0, 0.1) is 0 Å². The van der Waals surface area contributed by atoms with Gasteiger partial charge in [-0.2, -0.15) is 0 Å². The van der Waals surface area contributed by atoms with Crippen molar-refractivity contribution in [3.05, 3.63) is 34.9 Å². The molecule has 0 fully saturated rings. The molecule has 0 spiro atoms. The smallest absolute Gasteiger partial charge is 0.141 e. The lowest BCUT2D eigenvalue weighted by Crippen LogP contribution is -1.87. The van der Waals surface area contributed by atoms with Gasteiger partial charge in [0.05, 0.1) is 5.02 Å². The first-order valence-corrected chi connectivity index (χ1v) is 4.55. The Morgan fingerprint density at radius 1 is 1.46 bits per heavy atom. The third-order valence-electron chi connectivity index (χ3n) is 1.40. The first-order valence-electron chi connectivity index (χ1n) is 4.17. The molecular formula is C10H11ClNO. The van der Waals surface area contributed by atoms with Crippen molar-refractivity contribution in [2.24, 2.45) is 5.16 Å². The average molecular weight is 197 g/mol. The molecule has 0 aliphatic carbocycles. The van der Waals surface area contributed by atoms with Gasteiger partial charge in [-0.25, -0.2) is 0 Å². The van der Waals surface area contributed by atoms with Crippen molar-refractivity contribution in [1.82, 2.24) is 0 Å². The SMILES string of the molecule is CCCO/N=[C]\c1ccccc1Cl. The molecule has 2 nitrogen and oxygen atoms in total. The number of nitrogens with zero attached hydrogens (tertiary/aromatic N) is 1. The van der Waals surface area contributed by atoms with E-state index in [1.165, 1.54) is 0 Å². The highest BCUT2D eigenvalue weighted by Crippen LogP contribution is 2.12. The van der Waals surface area contributed by atoms with Gasteiger partial charge in [-0.15, -0.1) is 0 Å². The first-order chi connectivity index (χ1) is 6.34. The second-order valence-electron chi connectivity index (χ2n) is 2.52. The van der Waals surface area contributed by atoms with E-state index in [9.17, 15) is 0 Å². The summed E-state index contributed by atoms with van der Waals surface area (Å²) in [5, 5.41) is 4.29. The molecule has 0 unspecified atom stereocenters. The summed E-state index contributed by atoms with van der Waals surface area (Å²) in [6.45, 7) is 2.63. The Bertz CT molecular complexity index is 286. The second kappa shape index (κ2) is 5.60. The molecule has 0 amide bonds. The van der Waals surface area contributed by atoms with Gasteiger partial charge in [-0.3, -0.25) is 0 Å². The molecule has 0 aliphatic heterocycles. The van der Waals surface area contributed by atoms with Crippen molar-refractivity contribution >= 4 is 17.8 Å². The molecular weight excluding hydrogens is 186 g/mol. The maximum atomic E-state index is 5.86. The van der Waals surface area contributed by atoms with Crippen LogP contribution in [0.1, 0.15) is 18.9 Å². The van der Waals surface area contributed by atoms with E-state index < -0.39 is 0 Å². The maximum Gasteiger partial charge on any atom is 0.141 e. The van der Waals surface area contributed by atoms with Crippen molar-refractivity contribution in [3.63, 3.8) is 0 Å². The van der Waals surface area contributed by atoms with Crippen LogP contribution in [0.15, 0.2) is 29.4 Å². The minimum atomic E-state index is 0.609. The van der Waals surface area contributed by atoms with Gasteiger partial charge in [0, 0.05) is 5.56 Å². The Morgan fingerprint density at radius 3 is 2.92 bits per heavy atom. The van der Waals surface area contributed by atoms with Crippen molar-refractivity contribution < 1.29 is 4.84 Å². The lowest BCUT2D eigenvalue weighted by atomic mass is 10.2. The highest BCUT2D eigenvalue weighted by Gasteiger charge is 1.94. The number of rotatable bonds is 4. The summed E-state index contributed by atoms with van der Waals surface area (Å²) in [4.78, 5) is 4.90. The van der Waals surface area contributed by atoms with E-state index in [-0.39, 0.29) is 0 Å². The molecule has 13 heavy (non-hydrogen) atoms. The summed E-state index contributed by atoms with van der Waals surface area (Å²) >= 11 is 5.86. The molecule has 0 aliphatic rings. The third kappa shape index (κ3) is 3.47. The predicted molar refractivity (Wildman–Crippen MR) is 54.2 cm³/mol. The normalized spacial score (nSPS) is 10.6. The fourth-order valence-corrected chi connectivity index (χ4v) is 0.948. The lowest BCUT2D eigenvalue weighted by molar-refractivity contribution is 0.146. The van der Waals surface area contributed by atoms with Gasteiger partial charge in [-0.05, 0) is 12.5 Å². The molecule has 1 aromatic carbocycles. The monoisotopic (exact) mass is 196 g/mol. The predicted octanol–water partition coefficient (Wildman–Crippen LogP) is 2.98. The Hall–Kier alpha value is -1.02. The fraction of sp³-hybridized carbons (Fsp3) is 0.300. The minimum absolute atomic E-state index is 0.609. The van der Waals surface area contributed by atoms with Gasteiger partial charge in [0.2, 0.25) is 0 Å². The summed E-state index contributed by atoms with van der Waals surface area (Å²) < 4.78 is 0. The maximum absolute atomic E-state index is 5.86. The molecule has 3 heteroatoms. The van der Waals surface area contributed by atoms with E-state index in [0.717, 1.165) is 12.0 Å². The topological polar surface area (TPSA) is 21.6 Å².